The predicted molar refractivity (Wildman–Crippen MR) is 58.3 cm³/mol. The molecule has 0 heterocycles. The number of nitrogens with one attached hydrogen (secondary N) is 1. The summed E-state index contributed by atoms with van der Waals surface area (Å²) in [5.41, 5.74) is 0. The van der Waals surface area contributed by atoms with Crippen LogP contribution in [0.1, 0.15) is 41.0 Å². The second-order valence-corrected chi connectivity index (χ2v) is 4.49. The highest BCUT2D eigenvalue weighted by Crippen LogP contribution is 2.10. The van der Waals surface area contributed by atoms with Gasteiger partial charge in [-0.3, -0.25) is 4.79 Å². The maximum atomic E-state index is 11.0. The highest BCUT2D eigenvalue weighted by molar-refractivity contribution is 5.73. The summed E-state index contributed by atoms with van der Waals surface area (Å²) in [5.74, 6) is -0.153. The molecule has 0 saturated carbocycles. The molecule has 14 heavy (non-hydrogen) atoms. The molecule has 2 N–H and O–H groups in total. The van der Waals surface area contributed by atoms with Crippen molar-refractivity contribution in [1.29, 1.82) is 0 Å². The second kappa shape index (κ2) is 6.02. The normalized spacial score (nSPS) is 15.9. The number of hydrogen-bond acceptors (Lipinski definition) is 2. The third kappa shape index (κ3) is 4.09. The monoisotopic (exact) mass is 201 g/mol. The van der Waals surface area contributed by atoms with Crippen molar-refractivity contribution < 1.29 is 9.90 Å². The molecule has 0 aromatic rings. The van der Waals surface area contributed by atoms with E-state index in [9.17, 15) is 4.79 Å². The summed E-state index contributed by atoms with van der Waals surface area (Å²) in [4.78, 5) is 11.0. The van der Waals surface area contributed by atoms with E-state index in [2.05, 4.69) is 26.1 Å². The lowest BCUT2D eigenvalue weighted by molar-refractivity contribution is -0.141. The van der Waals surface area contributed by atoms with Crippen LogP contribution in [0.3, 0.4) is 0 Å². The predicted octanol–water partition coefficient (Wildman–Crippen LogP) is 2.12. The van der Waals surface area contributed by atoms with Crippen molar-refractivity contribution in [3.63, 3.8) is 0 Å². The van der Waals surface area contributed by atoms with E-state index in [0.717, 1.165) is 6.42 Å². The average molecular weight is 201 g/mol. The minimum Gasteiger partial charge on any atom is -0.480 e. The first-order chi connectivity index (χ1) is 6.40. The van der Waals surface area contributed by atoms with E-state index >= 15 is 0 Å². The molecule has 2 atom stereocenters. The Morgan fingerprint density at radius 3 is 1.93 bits per heavy atom. The van der Waals surface area contributed by atoms with Gasteiger partial charge in [0.05, 0.1) is 0 Å². The summed E-state index contributed by atoms with van der Waals surface area (Å²) in [5, 5.41) is 12.2. The quantitative estimate of drug-likeness (QED) is 0.692. The van der Waals surface area contributed by atoms with Gasteiger partial charge >= 0.3 is 5.97 Å². The summed E-state index contributed by atoms with van der Waals surface area (Å²) in [6, 6.07) is -0.138. The van der Waals surface area contributed by atoms with Gasteiger partial charge in [0, 0.05) is 6.04 Å². The van der Waals surface area contributed by atoms with Crippen molar-refractivity contribution in [2.24, 2.45) is 11.8 Å². The molecule has 0 aliphatic heterocycles. The molecule has 3 heteroatoms. The molecule has 3 nitrogen and oxygen atoms in total. The minimum atomic E-state index is -0.751. The summed E-state index contributed by atoms with van der Waals surface area (Å²) in [6.45, 7) is 10.2. The van der Waals surface area contributed by atoms with Gasteiger partial charge in [0.15, 0.2) is 0 Å². The Labute approximate surface area is 86.9 Å². The van der Waals surface area contributed by atoms with Crippen LogP contribution in [0, 0.1) is 11.8 Å². The zero-order valence-electron chi connectivity index (χ0n) is 9.87. The highest BCUT2D eigenvalue weighted by atomic mass is 16.4. The van der Waals surface area contributed by atoms with Gasteiger partial charge in [-0.15, -0.1) is 0 Å². The van der Waals surface area contributed by atoms with E-state index in [4.69, 9.17) is 5.11 Å². The number of rotatable bonds is 6. The molecule has 0 aliphatic rings. The van der Waals surface area contributed by atoms with E-state index in [0.29, 0.717) is 12.0 Å². The van der Waals surface area contributed by atoms with E-state index < -0.39 is 12.0 Å². The number of carboxylic acid groups (broad SMARTS) is 1. The Balaban J connectivity index is 4.34. The lowest BCUT2D eigenvalue weighted by Gasteiger charge is -2.27. The summed E-state index contributed by atoms with van der Waals surface area (Å²) < 4.78 is 0. The Morgan fingerprint density at radius 1 is 1.21 bits per heavy atom. The summed E-state index contributed by atoms with van der Waals surface area (Å²) in [6.07, 6.45) is 0.966. The van der Waals surface area contributed by atoms with Crippen molar-refractivity contribution in [3.8, 4) is 0 Å². The Bertz CT molecular complexity index is 178. The summed E-state index contributed by atoms with van der Waals surface area (Å²) in [7, 11) is 0. The maximum absolute atomic E-state index is 11.0. The van der Waals surface area contributed by atoms with Crippen molar-refractivity contribution >= 4 is 5.97 Å². The summed E-state index contributed by atoms with van der Waals surface area (Å²) >= 11 is 0. The smallest absolute Gasteiger partial charge is 0.320 e. The van der Waals surface area contributed by atoms with Crippen LogP contribution in [0.25, 0.3) is 0 Å². The topological polar surface area (TPSA) is 49.3 Å². The molecule has 0 radical (unpaired) electrons. The standard InChI is InChI=1S/C11H23NO2/c1-6-9(7(2)3)12-10(8(4)5)11(13)14/h7-10,12H,6H2,1-5H3,(H,13,14). The molecular weight excluding hydrogens is 178 g/mol. The van der Waals surface area contributed by atoms with Gasteiger partial charge in [0.25, 0.3) is 0 Å². The number of carbonyl (C=O) groups is 1. The van der Waals surface area contributed by atoms with Crippen LogP contribution in [-0.2, 0) is 4.79 Å². The van der Waals surface area contributed by atoms with Crippen LogP contribution in [0.4, 0.5) is 0 Å². The molecule has 84 valence electrons. The van der Waals surface area contributed by atoms with E-state index in [-0.39, 0.29) is 5.92 Å². The van der Waals surface area contributed by atoms with E-state index in [1.165, 1.54) is 0 Å². The fraction of sp³-hybridized carbons (Fsp3) is 0.909. The average Bonchev–Trinajstić information content (AvgIpc) is 2.03. The number of hydrogen-bond donors (Lipinski definition) is 2. The molecular formula is C11H23NO2. The molecule has 0 aromatic carbocycles. The zero-order valence-corrected chi connectivity index (χ0v) is 9.87. The highest BCUT2D eigenvalue weighted by Gasteiger charge is 2.24. The Morgan fingerprint density at radius 2 is 1.71 bits per heavy atom. The van der Waals surface area contributed by atoms with Gasteiger partial charge in [-0.2, -0.15) is 0 Å². The van der Waals surface area contributed by atoms with Crippen LogP contribution in [0.2, 0.25) is 0 Å². The Kier molecular flexibility index (Phi) is 5.77. The molecule has 2 unspecified atom stereocenters. The molecule has 0 rings (SSSR count). The SMILES string of the molecule is CCC(NC(C(=O)O)C(C)C)C(C)C. The molecule has 0 aliphatic carbocycles. The first kappa shape index (κ1) is 13.4. The van der Waals surface area contributed by atoms with Crippen molar-refractivity contribution in [1.82, 2.24) is 5.32 Å². The third-order valence-corrected chi connectivity index (χ3v) is 2.57. The molecule has 0 fully saturated rings. The molecule has 0 spiro atoms. The van der Waals surface area contributed by atoms with Crippen molar-refractivity contribution in [2.45, 2.75) is 53.1 Å². The van der Waals surface area contributed by atoms with Crippen LogP contribution in [-0.4, -0.2) is 23.2 Å². The molecule has 0 saturated heterocycles. The fourth-order valence-electron chi connectivity index (χ4n) is 1.56. The van der Waals surface area contributed by atoms with Crippen LogP contribution >= 0.6 is 0 Å². The minimum absolute atomic E-state index is 0.125. The lowest BCUT2D eigenvalue weighted by atomic mass is 9.97. The number of aliphatic carboxylic acids is 1. The number of carboxylic acids is 1. The first-order valence-electron chi connectivity index (χ1n) is 5.39. The largest absolute Gasteiger partial charge is 0.480 e. The van der Waals surface area contributed by atoms with E-state index in [1.807, 2.05) is 13.8 Å². The van der Waals surface area contributed by atoms with Gasteiger partial charge in [0.1, 0.15) is 6.04 Å². The molecule has 0 bridgehead atoms. The van der Waals surface area contributed by atoms with Crippen LogP contribution in [0.15, 0.2) is 0 Å². The van der Waals surface area contributed by atoms with Crippen LogP contribution in [0.5, 0.6) is 0 Å². The first-order valence-corrected chi connectivity index (χ1v) is 5.39. The van der Waals surface area contributed by atoms with Gasteiger partial charge in [-0.1, -0.05) is 34.6 Å². The van der Waals surface area contributed by atoms with Gasteiger partial charge in [-0.05, 0) is 18.3 Å². The molecule has 0 amide bonds. The van der Waals surface area contributed by atoms with Gasteiger partial charge < -0.3 is 10.4 Å². The fourth-order valence-corrected chi connectivity index (χ4v) is 1.56. The molecule has 0 aromatic heterocycles. The second-order valence-electron chi connectivity index (χ2n) is 4.49. The zero-order chi connectivity index (χ0) is 11.3. The van der Waals surface area contributed by atoms with Crippen molar-refractivity contribution in [2.75, 3.05) is 0 Å². The van der Waals surface area contributed by atoms with Gasteiger partial charge in [0.2, 0.25) is 0 Å². The maximum Gasteiger partial charge on any atom is 0.320 e. The lowest BCUT2D eigenvalue weighted by Crippen LogP contribution is -2.48. The third-order valence-electron chi connectivity index (χ3n) is 2.57. The van der Waals surface area contributed by atoms with E-state index in [1.54, 1.807) is 0 Å². The van der Waals surface area contributed by atoms with Gasteiger partial charge in [-0.25, -0.2) is 0 Å². The van der Waals surface area contributed by atoms with Crippen LogP contribution < -0.4 is 5.32 Å². The Hall–Kier alpha value is -0.570. The van der Waals surface area contributed by atoms with Crippen molar-refractivity contribution in [3.05, 3.63) is 0 Å².